The van der Waals surface area contributed by atoms with Crippen molar-refractivity contribution < 1.29 is 9.66 Å². The molecule has 0 unspecified atom stereocenters. The van der Waals surface area contributed by atoms with Gasteiger partial charge in [0.25, 0.3) is 5.69 Å². The largest absolute Gasteiger partial charge is 0.493 e. The molecule has 0 fully saturated rings. The number of fused-ring (bicyclic) bond motifs is 1. The molecule has 1 aromatic carbocycles. The van der Waals surface area contributed by atoms with E-state index < -0.39 is 4.92 Å². The Morgan fingerprint density at radius 3 is 2.94 bits per heavy atom. The molecule has 0 aliphatic heterocycles. The van der Waals surface area contributed by atoms with Crippen molar-refractivity contribution in [2.45, 2.75) is 6.42 Å². The molecule has 6 heteroatoms. The first-order valence-electron chi connectivity index (χ1n) is 5.59. The van der Waals surface area contributed by atoms with Gasteiger partial charge >= 0.3 is 0 Å². The number of rotatable bonds is 5. The van der Waals surface area contributed by atoms with E-state index >= 15 is 0 Å². The Labute approximate surface area is 104 Å². The molecule has 0 radical (unpaired) electrons. The number of nitro groups is 1. The van der Waals surface area contributed by atoms with Crippen LogP contribution in [0.5, 0.6) is 5.75 Å². The molecule has 1 aromatic heterocycles. The molecule has 0 aliphatic rings. The van der Waals surface area contributed by atoms with E-state index in [-0.39, 0.29) is 5.69 Å². The van der Waals surface area contributed by atoms with Crippen LogP contribution >= 0.6 is 0 Å². The van der Waals surface area contributed by atoms with Crippen molar-refractivity contribution in [1.82, 2.24) is 4.98 Å². The maximum Gasteiger partial charge on any atom is 0.295 e. The molecule has 0 amide bonds. The summed E-state index contributed by atoms with van der Waals surface area (Å²) in [5.74, 6) is 0.595. The molecule has 2 rings (SSSR count). The molecule has 0 saturated carbocycles. The molecule has 0 atom stereocenters. The lowest BCUT2D eigenvalue weighted by molar-refractivity contribution is -0.383. The Balaban J connectivity index is 2.43. The predicted molar refractivity (Wildman–Crippen MR) is 67.6 cm³/mol. The second kappa shape index (κ2) is 5.42. The van der Waals surface area contributed by atoms with Gasteiger partial charge in [0.05, 0.1) is 11.5 Å². The highest BCUT2D eigenvalue weighted by Gasteiger charge is 2.14. The summed E-state index contributed by atoms with van der Waals surface area (Å²) < 4.78 is 5.55. The lowest BCUT2D eigenvalue weighted by atomic mass is 10.2. The maximum absolute atomic E-state index is 10.9. The normalized spacial score (nSPS) is 10.5. The van der Waals surface area contributed by atoms with Crippen LogP contribution in [0.1, 0.15) is 6.42 Å². The highest BCUT2D eigenvalue weighted by Crippen LogP contribution is 2.29. The highest BCUT2D eigenvalue weighted by molar-refractivity contribution is 5.91. The van der Waals surface area contributed by atoms with E-state index in [0.717, 1.165) is 6.42 Å². The van der Waals surface area contributed by atoms with Crippen molar-refractivity contribution in [3.63, 3.8) is 0 Å². The zero-order chi connectivity index (χ0) is 13.0. The van der Waals surface area contributed by atoms with Crippen LogP contribution in [0.25, 0.3) is 10.9 Å². The number of aromatic nitrogens is 1. The van der Waals surface area contributed by atoms with E-state index in [1.165, 1.54) is 12.3 Å². The van der Waals surface area contributed by atoms with Crippen LogP contribution in [0.2, 0.25) is 0 Å². The Hall–Kier alpha value is -2.21. The summed E-state index contributed by atoms with van der Waals surface area (Å²) in [6.45, 7) is 1.03. The van der Waals surface area contributed by atoms with Crippen molar-refractivity contribution >= 4 is 16.6 Å². The van der Waals surface area contributed by atoms with E-state index in [1.807, 2.05) is 0 Å². The summed E-state index contributed by atoms with van der Waals surface area (Å²) >= 11 is 0. The molecule has 94 valence electrons. The summed E-state index contributed by atoms with van der Waals surface area (Å²) in [5.41, 5.74) is 5.71. The zero-order valence-corrected chi connectivity index (χ0v) is 9.70. The van der Waals surface area contributed by atoms with Crippen molar-refractivity contribution in [3.05, 3.63) is 40.6 Å². The third-order valence-corrected chi connectivity index (χ3v) is 2.51. The number of pyridine rings is 1. The smallest absolute Gasteiger partial charge is 0.295 e. The first kappa shape index (κ1) is 12.3. The number of para-hydroxylation sites is 1. The molecule has 0 spiro atoms. The van der Waals surface area contributed by atoms with E-state index in [4.69, 9.17) is 10.5 Å². The van der Waals surface area contributed by atoms with Crippen LogP contribution in [-0.2, 0) is 0 Å². The highest BCUT2D eigenvalue weighted by atomic mass is 16.6. The molecule has 0 aliphatic carbocycles. The molecule has 1 heterocycles. The number of hydrogen-bond donors (Lipinski definition) is 1. The molecule has 2 aromatic rings. The fraction of sp³-hybridized carbons (Fsp3) is 0.250. The summed E-state index contributed by atoms with van der Waals surface area (Å²) in [6.07, 6.45) is 2.24. The SMILES string of the molecule is NCCCOc1ccnc2c([N+](=O)[O-])cccc12. The third kappa shape index (κ3) is 2.38. The fourth-order valence-electron chi connectivity index (χ4n) is 1.67. The number of hydrogen-bond acceptors (Lipinski definition) is 5. The van der Waals surface area contributed by atoms with Crippen LogP contribution in [0.4, 0.5) is 5.69 Å². The number of ether oxygens (including phenoxy) is 1. The minimum atomic E-state index is -0.445. The van der Waals surface area contributed by atoms with Crippen LogP contribution < -0.4 is 10.5 Å². The van der Waals surface area contributed by atoms with E-state index in [9.17, 15) is 10.1 Å². The van der Waals surface area contributed by atoms with Crippen molar-refractivity contribution in [2.24, 2.45) is 5.73 Å². The number of nitrogens with two attached hydrogens (primary N) is 1. The number of benzene rings is 1. The van der Waals surface area contributed by atoms with Gasteiger partial charge in [0, 0.05) is 17.6 Å². The Morgan fingerprint density at radius 1 is 1.39 bits per heavy atom. The number of non-ortho nitro benzene ring substituents is 1. The fourth-order valence-corrected chi connectivity index (χ4v) is 1.67. The quantitative estimate of drug-likeness (QED) is 0.494. The van der Waals surface area contributed by atoms with Gasteiger partial charge in [0.15, 0.2) is 5.52 Å². The Bertz CT molecular complexity index is 571. The van der Waals surface area contributed by atoms with Crippen molar-refractivity contribution in [1.29, 1.82) is 0 Å². The summed E-state index contributed by atoms with van der Waals surface area (Å²) in [7, 11) is 0. The van der Waals surface area contributed by atoms with Gasteiger partial charge in [-0.3, -0.25) is 10.1 Å². The first-order valence-corrected chi connectivity index (χ1v) is 5.59. The summed E-state index contributed by atoms with van der Waals surface area (Å²) in [5, 5.41) is 11.5. The van der Waals surface area contributed by atoms with E-state index in [1.54, 1.807) is 18.2 Å². The second-order valence-electron chi connectivity index (χ2n) is 3.73. The van der Waals surface area contributed by atoms with Crippen LogP contribution in [-0.4, -0.2) is 23.1 Å². The third-order valence-electron chi connectivity index (χ3n) is 2.51. The standard InChI is InChI=1S/C12H13N3O3/c13-6-2-8-18-11-5-7-14-12-9(11)3-1-4-10(12)15(16)17/h1,3-5,7H,2,6,8,13H2. The van der Waals surface area contributed by atoms with Gasteiger partial charge < -0.3 is 10.5 Å². The Morgan fingerprint density at radius 2 is 2.22 bits per heavy atom. The molecular weight excluding hydrogens is 234 g/mol. The van der Waals surface area contributed by atoms with Crippen molar-refractivity contribution in [2.75, 3.05) is 13.2 Å². The topological polar surface area (TPSA) is 91.3 Å². The van der Waals surface area contributed by atoms with Gasteiger partial charge in [0.2, 0.25) is 0 Å². The molecule has 0 saturated heterocycles. The van der Waals surface area contributed by atoms with Gasteiger partial charge in [-0.25, -0.2) is 4.98 Å². The Kier molecular flexibility index (Phi) is 3.69. The van der Waals surface area contributed by atoms with Gasteiger partial charge in [0.1, 0.15) is 5.75 Å². The van der Waals surface area contributed by atoms with Gasteiger partial charge in [-0.15, -0.1) is 0 Å². The molecule has 2 N–H and O–H groups in total. The second-order valence-corrected chi connectivity index (χ2v) is 3.73. The molecular formula is C12H13N3O3. The van der Waals surface area contributed by atoms with Crippen LogP contribution in [0.3, 0.4) is 0 Å². The van der Waals surface area contributed by atoms with Gasteiger partial charge in [-0.1, -0.05) is 6.07 Å². The van der Waals surface area contributed by atoms with Crippen LogP contribution in [0, 0.1) is 10.1 Å². The maximum atomic E-state index is 10.9. The minimum absolute atomic E-state index is 0.0169. The molecule has 6 nitrogen and oxygen atoms in total. The minimum Gasteiger partial charge on any atom is -0.493 e. The van der Waals surface area contributed by atoms with Crippen LogP contribution in [0.15, 0.2) is 30.5 Å². The zero-order valence-electron chi connectivity index (χ0n) is 9.70. The predicted octanol–water partition coefficient (Wildman–Crippen LogP) is 1.87. The van der Waals surface area contributed by atoms with Crippen molar-refractivity contribution in [3.8, 4) is 5.75 Å². The van der Waals surface area contributed by atoms with Gasteiger partial charge in [-0.05, 0) is 25.1 Å². The number of nitro benzene ring substituents is 1. The average Bonchev–Trinajstić information content (AvgIpc) is 2.38. The lowest BCUT2D eigenvalue weighted by Crippen LogP contribution is -2.06. The molecule has 0 bridgehead atoms. The summed E-state index contributed by atoms with van der Waals surface area (Å²) in [6, 6.07) is 6.51. The first-order chi connectivity index (χ1) is 8.74. The number of nitrogens with zero attached hydrogens (tertiary/aromatic N) is 2. The average molecular weight is 247 g/mol. The van der Waals surface area contributed by atoms with Gasteiger partial charge in [-0.2, -0.15) is 0 Å². The monoisotopic (exact) mass is 247 g/mol. The van der Waals surface area contributed by atoms with E-state index in [2.05, 4.69) is 4.98 Å². The van der Waals surface area contributed by atoms with E-state index in [0.29, 0.717) is 29.8 Å². The summed E-state index contributed by atoms with van der Waals surface area (Å²) in [4.78, 5) is 14.5. The lowest BCUT2D eigenvalue weighted by Gasteiger charge is -2.08. The molecule has 18 heavy (non-hydrogen) atoms.